The van der Waals surface area contributed by atoms with Crippen molar-refractivity contribution in [3.05, 3.63) is 59.2 Å². The summed E-state index contributed by atoms with van der Waals surface area (Å²) in [4.78, 5) is 10.8. The zero-order valence-electron chi connectivity index (χ0n) is 12.7. The molecule has 23 heavy (non-hydrogen) atoms. The molecule has 0 aromatic heterocycles. The molecule has 0 aliphatic heterocycles. The monoisotopic (exact) mass is 335 g/mol. The minimum Gasteiger partial charge on any atom is -0.495 e. The van der Waals surface area contributed by atoms with Gasteiger partial charge in [0.15, 0.2) is 0 Å². The Kier molecular flexibility index (Phi) is 5.02. The van der Waals surface area contributed by atoms with Crippen LogP contribution in [-0.4, -0.2) is 26.6 Å². The lowest BCUT2D eigenvalue weighted by Gasteiger charge is -2.12. The van der Waals surface area contributed by atoms with Gasteiger partial charge in [-0.25, -0.2) is 17.9 Å². The highest BCUT2D eigenvalue weighted by molar-refractivity contribution is 7.89. The molecule has 0 atom stereocenters. The molecule has 0 amide bonds. The Bertz CT molecular complexity index is 830. The largest absolute Gasteiger partial charge is 0.495 e. The van der Waals surface area contributed by atoms with Gasteiger partial charge in [-0.2, -0.15) is 0 Å². The molecular weight excluding hydrogens is 318 g/mol. The van der Waals surface area contributed by atoms with E-state index in [0.29, 0.717) is 0 Å². The van der Waals surface area contributed by atoms with Crippen LogP contribution in [0.25, 0.3) is 0 Å². The lowest BCUT2D eigenvalue weighted by atomic mass is 10.1. The number of ether oxygens (including phenoxy) is 1. The molecule has 2 aromatic carbocycles. The van der Waals surface area contributed by atoms with E-state index in [1.807, 2.05) is 31.2 Å². The van der Waals surface area contributed by atoms with Crippen molar-refractivity contribution in [3.8, 4) is 5.75 Å². The van der Waals surface area contributed by atoms with Crippen LogP contribution in [-0.2, 0) is 16.6 Å². The average Bonchev–Trinajstić information content (AvgIpc) is 2.53. The maximum atomic E-state index is 12.5. The van der Waals surface area contributed by atoms with Crippen LogP contribution in [0, 0.1) is 6.92 Å². The molecule has 0 bridgehead atoms. The van der Waals surface area contributed by atoms with Gasteiger partial charge in [0.25, 0.3) is 0 Å². The van der Waals surface area contributed by atoms with Gasteiger partial charge in [0.05, 0.1) is 12.7 Å². The highest BCUT2D eigenvalue weighted by atomic mass is 32.2. The van der Waals surface area contributed by atoms with Gasteiger partial charge >= 0.3 is 5.97 Å². The number of hydrogen-bond acceptors (Lipinski definition) is 4. The molecule has 2 N–H and O–H groups in total. The molecule has 0 spiro atoms. The highest BCUT2D eigenvalue weighted by Gasteiger charge is 2.21. The number of aryl methyl sites for hydroxylation is 1. The van der Waals surface area contributed by atoms with Crippen molar-refractivity contribution in [2.45, 2.75) is 18.4 Å². The van der Waals surface area contributed by atoms with Crippen molar-refractivity contribution >= 4 is 16.0 Å². The fourth-order valence-electron chi connectivity index (χ4n) is 2.08. The molecule has 122 valence electrons. The van der Waals surface area contributed by atoms with Crippen LogP contribution in [0.2, 0.25) is 0 Å². The van der Waals surface area contributed by atoms with Crippen LogP contribution >= 0.6 is 0 Å². The zero-order valence-corrected chi connectivity index (χ0v) is 13.6. The van der Waals surface area contributed by atoms with E-state index in [1.54, 1.807) is 0 Å². The number of carbonyl (C=O) groups is 1. The minimum absolute atomic E-state index is 0.0901. The molecule has 0 saturated carbocycles. The molecule has 0 radical (unpaired) electrons. The maximum Gasteiger partial charge on any atom is 0.335 e. The predicted molar refractivity (Wildman–Crippen MR) is 85.2 cm³/mol. The van der Waals surface area contributed by atoms with Crippen molar-refractivity contribution in [3.63, 3.8) is 0 Å². The van der Waals surface area contributed by atoms with E-state index in [2.05, 4.69) is 4.72 Å². The van der Waals surface area contributed by atoms with E-state index in [9.17, 15) is 13.2 Å². The smallest absolute Gasteiger partial charge is 0.335 e. The van der Waals surface area contributed by atoms with Crippen molar-refractivity contribution in [1.82, 2.24) is 4.72 Å². The molecule has 0 unspecified atom stereocenters. The number of rotatable bonds is 6. The van der Waals surface area contributed by atoms with E-state index >= 15 is 0 Å². The number of benzene rings is 2. The van der Waals surface area contributed by atoms with Crippen LogP contribution < -0.4 is 9.46 Å². The third-order valence-corrected chi connectivity index (χ3v) is 4.84. The quantitative estimate of drug-likeness (QED) is 0.844. The number of nitrogens with one attached hydrogen (secondary N) is 1. The van der Waals surface area contributed by atoms with E-state index < -0.39 is 16.0 Å². The first-order valence-corrected chi connectivity index (χ1v) is 8.29. The number of aromatic carboxylic acids is 1. The Balaban J connectivity index is 2.33. The van der Waals surface area contributed by atoms with Crippen LogP contribution in [0.15, 0.2) is 47.4 Å². The van der Waals surface area contributed by atoms with Crippen molar-refractivity contribution < 1.29 is 23.1 Å². The number of hydrogen-bond donors (Lipinski definition) is 2. The van der Waals surface area contributed by atoms with Gasteiger partial charge in [-0.05, 0) is 36.2 Å². The van der Waals surface area contributed by atoms with Gasteiger partial charge in [0, 0.05) is 6.54 Å². The molecule has 0 aliphatic rings. The first-order valence-electron chi connectivity index (χ1n) is 6.80. The fourth-order valence-corrected chi connectivity index (χ4v) is 3.28. The lowest BCUT2D eigenvalue weighted by Crippen LogP contribution is -2.24. The van der Waals surface area contributed by atoms with Gasteiger partial charge in [0.2, 0.25) is 10.0 Å². The zero-order chi connectivity index (χ0) is 17.0. The Hall–Kier alpha value is -2.38. The minimum atomic E-state index is -3.91. The summed E-state index contributed by atoms with van der Waals surface area (Å²) in [7, 11) is -2.58. The Labute approximate surface area is 134 Å². The Morgan fingerprint density at radius 1 is 1.22 bits per heavy atom. The second-order valence-electron chi connectivity index (χ2n) is 4.92. The van der Waals surface area contributed by atoms with Crippen LogP contribution in [0.1, 0.15) is 21.5 Å². The average molecular weight is 335 g/mol. The number of methoxy groups -OCH3 is 1. The molecular formula is C16H17NO5S. The molecule has 0 saturated heterocycles. The fraction of sp³-hybridized carbons (Fsp3) is 0.188. The topological polar surface area (TPSA) is 92.7 Å². The number of carboxylic acids is 1. The molecule has 7 heteroatoms. The summed E-state index contributed by atoms with van der Waals surface area (Å²) in [6.45, 7) is 1.99. The van der Waals surface area contributed by atoms with E-state index in [1.165, 1.54) is 19.2 Å². The molecule has 0 aliphatic carbocycles. The summed E-state index contributed by atoms with van der Waals surface area (Å²) < 4.78 is 32.5. The van der Waals surface area contributed by atoms with Gasteiger partial charge in [-0.3, -0.25) is 0 Å². The first kappa shape index (κ1) is 17.0. The molecule has 2 aromatic rings. The summed E-state index contributed by atoms with van der Waals surface area (Å²) in [6.07, 6.45) is 0. The second-order valence-corrected chi connectivity index (χ2v) is 6.66. The Morgan fingerprint density at radius 3 is 2.52 bits per heavy atom. The predicted octanol–water partition coefficient (Wildman–Crippen LogP) is 2.18. The number of sulfonamides is 1. The van der Waals surface area contributed by atoms with E-state index in [4.69, 9.17) is 9.84 Å². The van der Waals surface area contributed by atoms with Crippen molar-refractivity contribution in [2.75, 3.05) is 7.11 Å². The normalized spacial score (nSPS) is 11.2. The van der Waals surface area contributed by atoms with Gasteiger partial charge < -0.3 is 9.84 Å². The highest BCUT2D eigenvalue weighted by Crippen LogP contribution is 2.25. The summed E-state index contributed by atoms with van der Waals surface area (Å²) in [5.41, 5.74) is 1.67. The molecule has 0 fully saturated rings. The van der Waals surface area contributed by atoms with Gasteiger partial charge in [0.1, 0.15) is 10.6 Å². The standard InChI is InChI=1S/C16H17NO5S/c1-11-5-3-4-6-13(11)10-17-23(20,21)15-9-12(16(18)19)7-8-14(15)22-2/h3-9,17H,10H2,1-2H3,(H,18,19). The van der Waals surface area contributed by atoms with Crippen molar-refractivity contribution in [1.29, 1.82) is 0 Å². The second kappa shape index (κ2) is 6.80. The number of carboxylic acid groups (broad SMARTS) is 1. The van der Waals surface area contributed by atoms with E-state index in [-0.39, 0.29) is 22.8 Å². The molecule has 0 heterocycles. The van der Waals surface area contributed by atoms with Crippen LogP contribution in [0.4, 0.5) is 0 Å². The maximum absolute atomic E-state index is 12.5. The van der Waals surface area contributed by atoms with Gasteiger partial charge in [-0.1, -0.05) is 24.3 Å². The lowest BCUT2D eigenvalue weighted by molar-refractivity contribution is 0.0696. The Morgan fingerprint density at radius 2 is 1.91 bits per heavy atom. The summed E-state index contributed by atoms with van der Waals surface area (Å²) >= 11 is 0. The van der Waals surface area contributed by atoms with Crippen LogP contribution in [0.5, 0.6) is 5.75 Å². The van der Waals surface area contributed by atoms with E-state index in [0.717, 1.165) is 17.2 Å². The molecule has 6 nitrogen and oxygen atoms in total. The summed E-state index contributed by atoms with van der Waals surface area (Å²) in [5.74, 6) is -1.12. The SMILES string of the molecule is COc1ccc(C(=O)O)cc1S(=O)(=O)NCc1ccccc1C. The summed E-state index contributed by atoms with van der Waals surface area (Å²) in [5, 5.41) is 9.03. The van der Waals surface area contributed by atoms with Gasteiger partial charge in [-0.15, -0.1) is 0 Å². The van der Waals surface area contributed by atoms with Crippen LogP contribution in [0.3, 0.4) is 0 Å². The third kappa shape index (κ3) is 3.88. The third-order valence-electron chi connectivity index (χ3n) is 3.41. The first-order chi connectivity index (χ1) is 10.8. The molecule has 2 rings (SSSR count). The summed E-state index contributed by atoms with van der Waals surface area (Å²) in [6, 6.07) is 11.1. The van der Waals surface area contributed by atoms with Crippen molar-refractivity contribution in [2.24, 2.45) is 0 Å².